The largest absolute Gasteiger partial charge is 0.495 e. The molecule has 0 aliphatic heterocycles. The standard InChI is InChI=1S/C23H28N4O2/c1-4-27(5-2)15-14-24-23(28)19-16-25-22(18-11-7-6-10-17(18)19)26-20-12-8-9-13-21(20)29-3/h6-13,16H,4-5,14-15H2,1-3H3,(H,24,28)(H,25,26). The number of nitrogens with zero attached hydrogens (tertiary/aromatic N) is 2. The fourth-order valence-corrected chi connectivity index (χ4v) is 3.31. The second-order valence-corrected chi connectivity index (χ2v) is 6.67. The number of amides is 1. The maximum atomic E-state index is 12.8. The predicted octanol–water partition coefficient (Wildman–Crippen LogP) is 4.06. The summed E-state index contributed by atoms with van der Waals surface area (Å²) in [6.07, 6.45) is 1.63. The Labute approximate surface area is 171 Å². The molecule has 0 unspecified atom stereocenters. The Hall–Kier alpha value is -3.12. The second kappa shape index (κ2) is 9.89. The van der Waals surface area contributed by atoms with Crippen molar-refractivity contribution in [3.8, 4) is 5.75 Å². The van der Waals surface area contributed by atoms with Gasteiger partial charge in [-0.25, -0.2) is 4.98 Å². The molecule has 0 saturated carbocycles. The van der Waals surface area contributed by atoms with Gasteiger partial charge in [0.25, 0.3) is 5.91 Å². The van der Waals surface area contributed by atoms with Crippen LogP contribution in [0.3, 0.4) is 0 Å². The Morgan fingerprint density at radius 3 is 2.45 bits per heavy atom. The summed E-state index contributed by atoms with van der Waals surface area (Å²) in [7, 11) is 1.64. The number of benzene rings is 2. The number of ether oxygens (including phenoxy) is 1. The average molecular weight is 393 g/mol. The molecule has 3 rings (SSSR count). The van der Waals surface area contributed by atoms with Crippen LogP contribution < -0.4 is 15.4 Å². The van der Waals surface area contributed by atoms with E-state index < -0.39 is 0 Å². The Kier molecular flexibility index (Phi) is 7.03. The van der Waals surface area contributed by atoms with Gasteiger partial charge in [0, 0.05) is 24.7 Å². The highest BCUT2D eigenvalue weighted by Crippen LogP contribution is 2.31. The third-order valence-electron chi connectivity index (χ3n) is 5.01. The van der Waals surface area contributed by atoms with Crippen molar-refractivity contribution in [1.82, 2.24) is 15.2 Å². The molecule has 0 spiro atoms. The second-order valence-electron chi connectivity index (χ2n) is 6.67. The summed E-state index contributed by atoms with van der Waals surface area (Å²) in [6, 6.07) is 15.5. The van der Waals surface area contributed by atoms with E-state index in [1.807, 2.05) is 48.5 Å². The van der Waals surface area contributed by atoms with E-state index in [2.05, 4.69) is 34.4 Å². The maximum absolute atomic E-state index is 12.8. The van der Waals surface area contributed by atoms with Crippen LogP contribution in [0.5, 0.6) is 5.75 Å². The van der Waals surface area contributed by atoms with Crippen molar-refractivity contribution in [2.45, 2.75) is 13.8 Å². The van der Waals surface area contributed by atoms with Gasteiger partial charge in [-0.15, -0.1) is 0 Å². The van der Waals surface area contributed by atoms with Crippen LogP contribution in [0.25, 0.3) is 10.8 Å². The Bertz CT molecular complexity index is 970. The first kappa shape index (κ1) is 20.6. The molecular formula is C23H28N4O2. The molecule has 1 aromatic heterocycles. The summed E-state index contributed by atoms with van der Waals surface area (Å²) in [5, 5.41) is 8.09. The average Bonchev–Trinajstić information content (AvgIpc) is 2.77. The lowest BCUT2D eigenvalue weighted by atomic mass is 10.1. The lowest BCUT2D eigenvalue weighted by Crippen LogP contribution is -2.34. The molecule has 1 amide bonds. The zero-order valence-corrected chi connectivity index (χ0v) is 17.2. The highest BCUT2D eigenvalue weighted by atomic mass is 16.5. The minimum absolute atomic E-state index is 0.107. The summed E-state index contributed by atoms with van der Waals surface area (Å²) >= 11 is 0. The molecular weight excluding hydrogens is 364 g/mol. The summed E-state index contributed by atoms with van der Waals surface area (Å²) in [5.74, 6) is 1.31. The molecule has 6 nitrogen and oxygen atoms in total. The Morgan fingerprint density at radius 2 is 1.72 bits per heavy atom. The number of pyridine rings is 1. The van der Waals surface area contributed by atoms with E-state index >= 15 is 0 Å². The van der Waals surface area contributed by atoms with Crippen LogP contribution in [-0.2, 0) is 0 Å². The topological polar surface area (TPSA) is 66.5 Å². The van der Waals surface area contributed by atoms with Gasteiger partial charge in [0.05, 0.1) is 18.4 Å². The summed E-state index contributed by atoms with van der Waals surface area (Å²) in [4.78, 5) is 19.6. The fraction of sp³-hybridized carbons (Fsp3) is 0.304. The molecule has 2 aromatic carbocycles. The fourth-order valence-electron chi connectivity index (χ4n) is 3.31. The number of hydrogen-bond acceptors (Lipinski definition) is 5. The molecule has 29 heavy (non-hydrogen) atoms. The summed E-state index contributed by atoms with van der Waals surface area (Å²) in [6.45, 7) is 7.63. The number of para-hydroxylation sites is 2. The summed E-state index contributed by atoms with van der Waals surface area (Å²) in [5.41, 5.74) is 1.40. The molecule has 0 aliphatic rings. The number of nitrogens with one attached hydrogen (secondary N) is 2. The first-order chi connectivity index (χ1) is 14.2. The van der Waals surface area contributed by atoms with Crippen molar-refractivity contribution in [2.75, 3.05) is 38.6 Å². The zero-order chi connectivity index (χ0) is 20.6. The normalized spacial score (nSPS) is 10.9. The van der Waals surface area contributed by atoms with Gasteiger partial charge in [0.1, 0.15) is 11.6 Å². The first-order valence-electron chi connectivity index (χ1n) is 9.96. The van der Waals surface area contributed by atoms with Crippen LogP contribution in [0.15, 0.2) is 54.7 Å². The van der Waals surface area contributed by atoms with Gasteiger partial charge < -0.3 is 20.3 Å². The quantitative estimate of drug-likeness (QED) is 0.575. The highest BCUT2D eigenvalue weighted by molar-refractivity contribution is 6.09. The number of aromatic nitrogens is 1. The van der Waals surface area contributed by atoms with E-state index in [0.29, 0.717) is 17.9 Å². The van der Waals surface area contributed by atoms with Crippen LogP contribution >= 0.6 is 0 Å². The van der Waals surface area contributed by atoms with Gasteiger partial charge in [-0.3, -0.25) is 4.79 Å². The molecule has 6 heteroatoms. The van der Waals surface area contributed by atoms with E-state index in [0.717, 1.165) is 41.8 Å². The molecule has 0 atom stereocenters. The van der Waals surface area contributed by atoms with Crippen LogP contribution in [0.2, 0.25) is 0 Å². The number of carbonyl (C=O) groups is 1. The van der Waals surface area contributed by atoms with E-state index in [1.54, 1.807) is 13.3 Å². The van der Waals surface area contributed by atoms with Crippen LogP contribution in [0, 0.1) is 0 Å². The lowest BCUT2D eigenvalue weighted by Gasteiger charge is -2.18. The number of methoxy groups -OCH3 is 1. The molecule has 3 aromatic rings. The molecule has 0 bridgehead atoms. The molecule has 152 valence electrons. The van der Waals surface area contributed by atoms with E-state index in [1.165, 1.54) is 0 Å². The van der Waals surface area contributed by atoms with Gasteiger partial charge in [-0.05, 0) is 30.6 Å². The Balaban J connectivity index is 1.84. The van der Waals surface area contributed by atoms with Crippen molar-refractivity contribution in [3.63, 3.8) is 0 Å². The van der Waals surface area contributed by atoms with Crippen LogP contribution in [-0.4, -0.2) is 49.1 Å². The summed E-state index contributed by atoms with van der Waals surface area (Å²) < 4.78 is 5.42. The first-order valence-corrected chi connectivity index (χ1v) is 9.96. The number of rotatable bonds is 9. The number of fused-ring (bicyclic) bond motifs is 1. The maximum Gasteiger partial charge on any atom is 0.253 e. The van der Waals surface area contributed by atoms with Crippen LogP contribution in [0.4, 0.5) is 11.5 Å². The number of hydrogen-bond donors (Lipinski definition) is 2. The van der Waals surface area contributed by atoms with E-state index in [-0.39, 0.29) is 5.91 Å². The van der Waals surface area contributed by atoms with Gasteiger partial charge in [-0.2, -0.15) is 0 Å². The monoisotopic (exact) mass is 392 g/mol. The minimum atomic E-state index is -0.107. The Morgan fingerprint density at radius 1 is 1.03 bits per heavy atom. The number of carbonyl (C=O) groups excluding carboxylic acids is 1. The van der Waals surface area contributed by atoms with E-state index in [4.69, 9.17) is 4.74 Å². The molecule has 2 N–H and O–H groups in total. The molecule has 0 saturated heterocycles. The minimum Gasteiger partial charge on any atom is -0.495 e. The lowest BCUT2D eigenvalue weighted by molar-refractivity contribution is 0.0950. The number of likely N-dealkylation sites (N-methyl/N-ethyl adjacent to an activating group) is 1. The molecule has 0 aliphatic carbocycles. The molecule has 1 heterocycles. The number of anilines is 2. The third-order valence-corrected chi connectivity index (χ3v) is 5.01. The van der Waals surface area contributed by atoms with Gasteiger partial charge in [0.2, 0.25) is 0 Å². The zero-order valence-electron chi connectivity index (χ0n) is 17.2. The van der Waals surface area contributed by atoms with Crippen molar-refractivity contribution >= 4 is 28.2 Å². The van der Waals surface area contributed by atoms with Crippen molar-refractivity contribution in [1.29, 1.82) is 0 Å². The smallest absolute Gasteiger partial charge is 0.253 e. The van der Waals surface area contributed by atoms with Crippen molar-refractivity contribution in [3.05, 3.63) is 60.3 Å². The van der Waals surface area contributed by atoms with Crippen molar-refractivity contribution in [2.24, 2.45) is 0 Å². The predicted molar refractivity (Wildman–Crippen MR) is 118 cm³/mol. The highest BCUT2D eigenvalue weighted by Gasteiger charge is 2.14. The van der Waals surface area contributed by atoms with E-state index in [9.17, 15) is 4.79 Å². The van der Waals surface area contributed by atoms with Crippen molar-refractivity contribution < 1.29 is 9.53 Å². The SMILES string of the molecule is CCN(CC)CCNC(=O)c1cnc(Nc2ccccc2OC)c2ccccc12. The molecule has 0 fully saturated rings. The third kappa shape index (κ3) is 4.84. The van der Waals surface area contributed by atoms with Gasteiger partial charge in [0.15, 0.2) is 0 Å². The van der Waals surface area contributed by atoms with Gasteiger partial charge >= 0.3 is 0 Å². The van der Waals surface area contributed by atoms with Gasteiger partial charge in [-0.1, -0.05) is 50.2 Å². The molecule has 0 radical (unpaired) electrons. The van der Waals surface area contributed by atoms with Crippen LogP contribution in [0.1, 0.15) is 24.2 Å².